The third-order valence-corrected chi connectivity index (χ3v) is 4.82. The van der Waals surface area contributed by atoms with E-state index in [1.807, 2.05) is 11.6 Å². The Hall–Kier alpha value is -2.41. The van der Waals surface area contributed by atoms with Gasteiger partial charge in [-0.1, -0.05) is 0 Å². The summed E-state index contributed by atoms with van der Waals surface area (Å²) in [6.45, 7) is 2.25. The van der Waals surface area contributed by atoms with Crippen LogP contribution in [0.15, 0.2) is 11.6 Å². The molecule has 114 valence electrons. The molecule has 1 aromatic heterocycles. The molecule has 3 atom stereocenters. The van der Waals surface area contributed by atoms with Crippen LogP contribution in [0.2, 0.25) is 0 Å². The van der Waals surface area contributed by atoms with Crippen molar-refractivity contribution >= 4 is 17.7 Å². The molecule has 1 saturated heterocycles. The number of carbonyl (C=O) groups is 3. The molecule has 0 aromatic carbocycles. The average Bonchev–Trinajstić information content (AvgIpc) is 2.83. The lowest BCUT2D eigenvalue weighted by atomic mass is 9.92. The molecule has 0 radical (unpaired) electrons. The Morgan fingerprint density at radius 2 is 2.18 bits per heavy atom. The lowest BCUT2D eigenvalue weighted by Crippen LogP contribution is -2.20. The SMILES string of the molecule is CC1=CC(=O)c2c(COC(N)=O)c3n(c2C1=O)C[C@H]1[C@@H]3N1C. The first-order chi connectivity index (χ1) is 10.4. The van der Waals surface area contributed by atoms with Gasteiger partial charge in [0.15, 0.2) is 5.78 Å². The van der Waals surface area contributed by atoms with Crippen LogP contribution in [0.4, 0.5) is 4.79 Å². The Morgan fingerprint density at radius 1 is 1.45 bits per heavy atom. The molecule has 3 heterocycles. The predicted molar refractivity (Wildman–Crippen MR) is 75.5 cm³/mol. The molecule has 1 aliphatic carbocycles. The number of fused-ring (bicyclic) bond motifs is 5. The minimum Gasteiger partial charge on any atom is -0.445 e. The van der Waals surface area contributed by atoms with Gasteiger partial charge in [0.2, 0.25) is 5.78 Å². The highest BCUT2D eigenvalue weighted by molar-refractivity contribution is 6.24. The molecule has 7 heteroatoms. The molecule has 4 rings (SSSR count). The Kier molecular flexibility index (Phi) is 2.45. The number of nitrogens with zero attached hydrogens (tertiary/aromatic N) is 2. The zero-order valence-electron chi connectivity index (χ0n) is 12.3. The van der Waals surface area contributed by atoms with Gasteiger partial charge in [-0.05, 0) is 20.0 Å². The van der Waals surface area contributed by atoms with Gasteiger partial charge in [-0.15, -0.1) is 0 Å². The summed E-state index contributed by atoms with van der Waals surface area (Å²) >= 11 is 0. The van der Waals surface area contributed by atoms with Crippen LogP contribution in [-0.2, 0) is 17.9 Å². The van der Waals surface area contributed by atoms with Crippen LogP contribution in [0, 0.1) is 0 Å². The van der Waals surface area contributed by atoms with Crippen molar-refractivity contribution < 1.29 is 19.1 Å². The van der Waals surface area contributed by atoms with Gasteiger partial charge >= 0.3 is 6.09 Å². The van der Waals surface area contributed by atoms with Crippen LogP contribution < -0.4 is 5.73 Å². The number of primary amides is 1. The molecule has 1 aromatic rings. The topological polar surface area (TPSA) is 94.4 Å². The fourth-order valence-corrected chi connectivity index (χ4v) is 3.72. The van der Waals surface area contributed by atoms with Gasteiger partial charge in [-0.25, -0.2) is 4.79 Å². The predicted octanol–water partition coefficient (Wildman–Crippen LogP) is 0.777. The van der Waals surface area contributed by atoms with Gasteiger partial charge in [-0.3, -0.25) is 14.5 Å². The number of allylic oxidation sites excluding steroid dienone is 2. The van der Waals surface area contributed by atoms with Crippen LogP contribution in [0.3, 0.4) is 0 Å². The monoisotopic (exact) mass is 301 g/mol. The largest absolute Gasteiger partial charge is 0.445 e. The quantitative estimate of drug-likeness (QED) is 0.814. The maximum absolute atomic E-state index is 12.5. The molecule has 1 fully saturated rings. The van der Waals surface area contributed by atoms with Crippen molar-refractivity contribution in [2.45, 2.75) is 32.2 Å². The molecule has 1 unspecified atom stereocenters. The summed E-state index contributed by atoms with van der Waals surface area (Å²) < 4.78 is 6.83. The summed E-state index contributed by atoms with van der Waals surface area (Å²) in [5.74, 6) is -0.345. The molecule has 3 aliphatic rings. The van der Waals surface area contributed by atoms with Gasteiger partial charge in [0.1, 0.15) is 12.3 Å². The maximum atomic E-state index is 12.5. The third kappa shape index (κ3) is 1.51. The fourth-order valence-electron chi connectivity index (χ4n) is 3.72. The van der Waals surface area contributed by atoms with Gasteiger partial charge in [-0.2, -0.15) is 0 Å². The van der Waals surface area contributed by atoms with Crippen molar-refractivity contribution in [2.24, 2.45) is 5.73 Å². The second-order valence-corrected chi connectivity index (χ2v) is 6.00. The number of amides is 1. The normalized spacial score (nSPS) is 27.9. The van der Waals surface area contributed by atoms with Crippen molar-refractivity contribution in [1.82, 2.24) is 9.47 Å². The van der Waals surface area contributed by atoms with E-state index < -0.39 is 6.09 Å². The molecule has 0 saturated carbocycles. The highest BCUT2D eigenvalue weighted by Crippen LogP contribution is 2.52. The molecular formula is C15H15N3O4. The molecule has 2 N–H and O–H groups in total. The smallest absolute Gasteiger partial charge is 0.404 e. The number of aromatic nitrogens is 1. The Bertz CT molecular complexity index is 789. The number of Topliss-reactive ketones (excluding diaryl/α,β-unsaturated/α-hetero) is 1. The second kappa shape index (κ2) is 4.07. The van der Waals surface area contributed by atoms with Crippen LogP contribution in [0.5, 0.6) is 0 Å². The van der Waals surface area contributed by atoms with Crippen LogP contribution in [0.1, 0.15) is 45.1 Å². The molecule has 1 amide bonds. The van der Waals surface area contributed by atoms with E-state index in [1.54, 1.807) is 6.92 Å². The van der Waals surface area contributed by atoms with Gasteiger partial charge in [0.05, 0.1) is 11.6 Å². The molecule has 7 nitrogen and oxygen atoms in total. The van der Waals surface area contributed by atoms with E-state index in [9.17, 15) is 14.4 Å². The maximum Gasteiger partial charge on any atom is 0.404 e. The number of rotatable bonds is 2. The number of ketones is 2. The minimum atomic E-state index is -0.895. The first-order valence-corrected chi connectivity index (χ1v) is 7.08. The summed E-state index contributed by atoms with van der Waals surface area (Å²) in [5, 5.41) is 0. The number of nitrogens with two attached hydrogens (primary N) is 1. The Labute approximate surface area is 126 Å². The second-order valence-electron chi connectivity index (χ2n) is 6.00. The minimum absolute atomic E-state index is 0.0804. The van der Waals surface area contributed by atoms with Crippen molar-refractivity contribution in [3.8, 4) is 0 Å². The molecule has 0 spiro atoms. The number of hydrogen-bond acceptors (Lipinski definition) is 5. The molecular weight excluding hydrogens is 286 g/mol. The van der Waals surface area contributed by atoms with Crippen molar-refractivity contribution in [1.29, 1.82) is 0 Å². The summed E-state index contributed by atoms with van der Waals surface area (Å²) in [7, 11) is 2.00. The van der Waals surface area contributed by atoms with E-state index in [1.165, 1.54) is 6.08 Å². The molecule has 2 aliphatic heterocycles. The van der Waals surface area contributed by atoms with Crippen LogP contribution in [-0.4, -0.2) is 40.2 Å². The zero-order valence-corrected chi connectivity index (χ0v) is 12.3. The lowest BCUT2D eigenvalue weighted by Gasteiger charge is -2.13. The summed E-state index contributed by atoms with van der Waals surface area (Å²) in [5.41, 5.74) is 7.81. The van der Waals surface area contributed by atoms with Gasteiger partial charge < -0.3 is 15.0 Å². The van der Waals surface area contributed by atoms with Crippen molar-refractivity contribution in [3.63, 3.8) is 0 Å². The number of hydrogen-bond donors (Lipinski definition) is 1. The highest BCUT2D eigenvalue weighted by Gasteiger charge is 2.55. The number of ether oxygens (including phenoxy) is 1. The van der Waals surface area contributed by atoms with E-state index in [4.69, 9.17) is 10.5 Å². The summed E-state index contributed by atoms with van der Waals surface area (Å²) in [4.78, 5) is 38.0. The van der Waals surface area contributed by atoms with Crippen LogP contribution in [0.25, 0.3) is 0 Å². The fraction of sp³-hybridized carbons (Fsp3) is 0.400. The van der Waals surface area contributed by atoms with E-state index in [2.05, 4.69) is 4.90 Å². The van der Waals surface area contributed by atoms with E-state index in [0.717, 1.165) is 5.69 Å². The highest BCUT2D eigenvalue weighted by atomic mass is 16.5. The van der Waals surface area contributed by atoms with Crippen molar-refractivity contribution in [2.75, 3.05) is 7.05 Å². The lowest BCUT2D eigenvalue weighted by molar-refractivity contribution is 0.0976. The van der Waals surface area contributed by atoms with E-state index in [-0.39, 0.29) is 24.2 Å². The van der Waals surface area contributed by atoms with Crippen LogP contribution >= 0.6 is 0 Å². The van der Waals surface area contributed by atoms with E-state index in [0.29, 0.717) is 35.0 Å². The first-order valence-electron chi connectivity index (χ1n) is 7.08. The average molecular weight is 301 g/mol. The Balaban J connectivity index is 1.90. The van der Waals surface area contributed by atoms with Gasteiger partial charge in [0.25, 0.3) is 0 Å². The standard InChI is InChI=1S/C15H15N3O4/c1-6-3-9(19)10-7(5-22-15(16)21)11-12-8(17(12)2)4-18(11)13(10)14(6)20/h3,8,12H,4-5H2,1-2H3,(H2,16,21)/t8-,12-,17?/m0/s1. The Morgan fingerprint density at radius 3 is 2.86 bits per heavy atom. The third-order valence-electron chi connectivity index (χ3n) is 4.82. The number of likely N-dealkylation sites (N-methyl/N-ethyl adjacent to an activating group) is 1. The zero-order chi connectivity index (χ0) is 15.8. The van der Waals surface area contributed by atoms with E-state index >= 15 is 0 Å². The number of carbonyl (C=O) groups excluding carboxylic acids is 3. The van der Waals surface area contributed by atoms with Gasteiger partial charge in [0, 0.05) is 29.4 Å². The molecule has 0 bridgehead atoms. The van der Waals surface area contributed by atoms with Crippen molar-refractivity contribution in [3.05, 3.63) is 34.2 Å². The first kappa shape index (κ1) is 13.3. The molecule has 22 heavy (non-hydrogen) atoms. The summed E-state index contributed by atoms with van der Waals surface area (Å²) in [6.07, 6.45) is 0.455. The summed E-state index contributed by atoms with van der Waals surface area (Å²) in [6, 6.07) is 0.528.